The summed E-state index contributed by atoms with van der Waals surface area (Å²) in [5.41, 5.74) is 3.01. The summed E-state index contributed by atoms with van der Waals surface area (Å²) < 4.78 is 5.51. The van der Waals surface area contributed by atoms with Crippen molar-refractivity contribution in [3.05, 3.63) is 58.6 Å². The van der Waals surface area contributed by atoms with Gasteiger partial charge in [0.15, 0.2) is 0 Å². The molecule has 0 spiro atoms. The van der Waals surface area contributed by atoms with E-state index in [0.29, 0.717) is 23.9 Å². The Morgan fingerprint density at radius 1 is 1.14 bits per heavy atom. The Labute approximate surface area is 135 Å². The van der Waals surface area contributed by atoms with Gasteiger partial charge < -0.3 is 15.4 Å². The number of carbonyl (C=O) groups excluding carboxylic acids is 1. The number of anilines is 1. The zero-order chi connectivity index (χ0) is 15.9. The molecule has 116 valence electrons. The van der Waals surface area contributed by atoms with Gasteiger partial charge in [-0.05, 0) is 43.2 Å². The lowest BCUT2D eigenvalue weighted by molar-refractivity contribution is 0.247. The second kappa shape index (κ2) is 7.71. The van der Waals surface area contributed by atoms with Crippen LogP contribution in [0.15, 0.2) is 42.5 Å². The molecule has 0 atom stereocenters. The van der Waals surface area contributed by atoms with Crippen molar-refractivity contribution in [3.63, 3.8) is 0 Å². The molecule has 2 rings (SSSR count). The van der Waals surface area contributed by atoms with Crippen molar-refractivity contribution in [1.29, 1.82) is 0 Å². The van der Waals surface area contributed by atoms with Crippen molar-refractivity contribution in [2.45, 2.75) is 13.8 Å². The Hall–Kier alpha value is -2.20. The number of urea groups is 1. The highest BCUT2D eigenvalue weighted by Gasteiger charge is 2.05. The minimum atomic E-state index is -0.253. The molecule has 0 unspecified atom stereocenters. The van der Waals surface area contributed by atoms with Crippen LogP contribution in [0.5, 0.6) is 5.75 Å². The average molecular weight is 319 g/mol. The molecule has 0 bridgehead atoms. The Morgan fingerprint density at radius 2 is 1.91 bits per heavy atom. The van der Waals surface area contributed by atoms with Crippen LogP contribution >= 0.6 is 11.6 Å². The van der Waals surface area contributed by atoms with E-state index in [9.17, 15) is 4.79 Å². The van der Waals surface area contributed by atoms with E-state index in [1.165, 1.54) is 0 Å². The summed E-state index contributed by atoms with van der Waals surface area (Å²) in [5, 5.41) is 6.14. The molecule has 0 heterocycles. The second-order valence-corrected chi connectivity index (χ2v) is 5.31. The van der Waals surface area contributed by atoms with E-state index < -0.39 is 0 Å². The zero-order valence-corrected chi connectivity index (χ0v) is 13.4. The fourth-order valence-electron chi connectivity index (χ4n) is 1.94. The highest BCUT2D eigenvalue weighted by atomic mass is 35.5. The first kappa shape index (κ1) is 16.2. The lowest BCUT2D eigenvalue weighted by Gasteiger charge is -2.12. The van der Waals surface area contributed by atoms with Crippen LogP contribution in [0, 0.1) is 13.8 Å². The first-order valence-corrected chi connectivity index (χ1v) is 7.44. The van der Waals surface area contributed by atoms with Crippen LogP contribution in [0.3, 0.4) is 0 Å². The summed E-state index contributed by atoms with van der Waals surface area (Å²) in [6.07, 6.45) is 0. The molecular formula is C17H19ClN2O2. The Bertz CT molecular complexity index is 659. The van der Waals surface area contributed by atoms with E-state index >= 15 is 0 Å². The average Bonchev–Trinajstić information content (AvgIpc) is 2.50. The molecule has 22 heavy (non-hydrogen) atoms. The van der Waals surface area contributed by atoms with Crippen LogP contribution in [-0.2, 0) is 0 Å². The molecule has 0 aromatic heterocycles. The molecule has 5 heteroatoms. The predicted molar refractivity (Wildman–Crippen MR) is 89.9 cm³/mol. The largest absolute Gasteiger partial charge is 0.490 e. The number of para-hydroxylation sites is 1. The fourth-order valence-corrected chi connectivity index (χ4v) is 2.13. The third kappa shape index (κ3) is 4.40. The van der Waals surface area contributed by atoms with E-state index in [1.54, 1.807) is 12.1 Å². The van der Waals surface area contributed by atoms with E-state index in [0.717, 1.165) is 16.8 Å². The number of rotatable bonds is 5. The van der Waals surface area contributed by atoms with Crippen LogP contribution in [0.2, 0.25) is 5.02 Å². The number of hydrogen-bond donors (Lipinski definition) is 2. The summed E-state index contributed by atoms with van der Waals surface area (Å²) in [6.45, 7) is 4.73. The lowest BCUT2D eigenvalue weighted by atomic mass is 10.1. The van der Waals surface area contributed by atoms with Crippen LogP contribution in [0.1, 0.15) is 11.1 Å². The van der Waals surface area contributed by atoms with Gasteiger partial charge in [-0.15, -0.1) is 0 Å². The topological polar surface area (TPSA) is 50.4 Å². The highest BCUT2D eigenvalue weighted by Crippen LogP contribution is 2.22. The summed E-state index contributed by atoms with van der Waals surface area (Å²) >= 11 is 5.98. The second-order valence-electron chi connectivity index (χ2n) is 4.91. The number of aryl methyl sites for hydroxylation is 1. The van der Waals surface area contributed by atoms with Crippen LogP contribution in [-0.4, -0.2) is 19.2 Å². The van der Waals surface area contributed by atoms with Crippen LogP contribution in [0.4, 0.5) is 10.5 Å². The standard InChI is InChI=1S/C17H19ClN2O2/c1-12-6-5-8-15(13(12)2)20-17(21)19-10-11-22-16-9-4-3-7-14(16)18/h3-9H,10-11H2,1-2H3,(H2,19,20,21). The number of ether oxygens (including phenoxy) is 1. The van der Waals surface area contributed by atoms with Gasteiger partial charge in [0.25, 0.3) is 0 Å². The van der Waals surface area contributed by atoms with Crippen molar-refractivity contribution < 1.29 is 9.53 Å². The van der Waals surface area contributed by atoms with E-state index in [-0.39, 0.29) is 6.03 Å². The summed E-state index contributed by atoms with van der Waals surface area (Å²) in [6, 6.07) is 12.8. The van der Waals surface area contributed by atoms with E-state index in [2.05, 4.69) is 10.6 Å². The van der Waals surface area contributed by atoms with Crippen molar-refractivity contribution in [2.75, 3.05) is 18.5 Å². The fraction of sp³-hybridized carbons (Fsp3) is 0.235. The number of halogens is 1. The van der Waals surface area contributed by atoms with Gasteiger partial charge >= 0.3 is 6.03 Å². The summed E-state index contributed by atoms with van der Waals surface area (Å²) in [7, 11) is 0. The van der Waals surface area contributed by atoms with E-state index in [1.807, 2.05) is 44.2 Å². The molecule has 2 aromatic carbocycles. The van der Waals surface area contributed by atoms with E-state index in [4.69, 9.17) is 16.3 Å². The molecule has 0 aliphatic rings. The zero-order valence-electron chi connectivity index (χ0n) is 12.7. The number of benzene rings is 2. The smallest absolute Gasteiger partial charge is 0.319 e. The van der Waals surface area contributed by atoms with Crippen molar-refractivity contribution in [2.24, 2.45) is 0 Å². The van der Waals surface area contributed by atoms with Gasteiger partial charge in [-0.25, -0.2) is 4.79 Å². The van der Waals surface area contributed by atoms with Crippen LogP contribution < -0.4 is 15.4 Å². The maximum atomic E-state index is 11.9. The monoisotopic (exact) mass is 318 g/mol. The van der Waals surface area contributed by atoms with Gasteiger partial charge in [0.2, 0.25) is 0 Å². The van der Waals surface area contributed by atoms with Crippen molar-refractivity contribution in [1.82, 2.24) is 5.32 Å². The van der Waals surface area contributed by atoms with Gasteiger partial charge in [0, 0.05) is 5.69 Å². The quantitative estimate of drug-likeness (QED) is 0.813. The van der Waals surface area contributed by atoms with Crippen molar-refractivity contribution in [3.8, 4) is 5.75 Å². The van der Waals surface area contributed by atoms with Crippen molar-refractivity contribution >= 4 is 23.3 Å². The minimum Gasteiger partial charge on any atom is -0.490 e. The van der Waals surface area contributed by atoms with Gasteiger partial charge in [0.1, 0.15) is 12.4 Å². The summed E-state index contributed by atoms with van der Waals surface area (Å²) in [5.74, 6) is 0.612. The molecule has 4 nitrogen and oxygen atoms in total. The Morgan fingerprint density at radius 3 is 2.68 bits per heavy atom. The number of nitrogens with one attached hydrogen (secondary N) is 2. The lowest BCUT2D eigenvalue weighted by Crippen LogP contribution is -2.32. The Balaban J connectivity index is 1.76. The minimum absolute atomic E-state index is 0.253. The molecule has 2 amide bonds. The molecule has 2 N–H and O–H groups in total. The predicted octanol–water partition coefficient (Wildman–Crippen LogP) is 4.16. The normalized spacial score (nSPS) is 10.1. The molecule has 0 fully saturated rings. The highest BCUT2D eigenvalue weighted by molar-refractivity contribution is 6.32. The third-order valence-electron chi connectivity index (χ3n) is 3.33. The molecule has 0 saturated carbocycles. The van der Waals surface area contributed by atoms with Gasteiger partial charge in [-0.2, -0.15) is 0 Å². The molecule has 0 aliphatic heterocycles. The molecule has 0 radical (unpaired) electrons. The Kier molecular flexibility index (Phi) is 5.67. The van der Waals surface area contributed by atoms with Gasteiger partial charge in [0.05, 0.1) is 11.6 Å². The SMILES string of the molecule is Cc1cccc(NC(=O)NCCOc2ccccc2Cl)c1C. The van der Waals surface area contributed by atoms with Gasteiger partial charge in [-0.1, -0.05) is 35.9 Å². The summed E-state index contributed by atoms with van der Waals surface area (Å²) in [4.78, 5) is 11.9. The molecular weight excluding hydrogens is 300 g/mol. The molecule has 2 aromatic rings. The first-order chi connectivity index (χ1) is 10.6. The number of amides is 2. The number of carbonyl (C=O) groups is 1. The van der Waals surface area contributed by atoms with Gasteiger partial charge in [-0.3, -0.25) is 0 Å². The maximum absolute atomic E-state index is 11.9. The number of hydrogen-bond acceptors (Lipinski definition) is 2. The maximum Gasteiger partial charge on any atom is 0.319 e. The third-order valence-corrected chi connectivity index (χ3v) is 3.65. The molecule has 0 saturated heterocycles. The first-order valence-electron chi connectivity index (χ1n) is 7.06. The molecule has 0 aliphatic carbocycles. The van der Waals surface area contributed by atoms with Crippen LogP contribution in [0.25, 0.3) is 0 Å².